The van der Waals surface area contributed by atoms with Crippen molar-refractivity contribution in [3.63, 3.8) is 0 Å². The van der Waals surface area contributed by atoms with Crippen LogP contribution in [0.15, 0.2) is 0 Å². The van der Waals surface area contributed by atoms with E-state index in [1.165, 1.54) is 6.92 Å². The highest BCUT2D eigenvalue weighted by molar-refractivity contribution is 5.88. The molecule has 0 saturated carbocycles. The molecule has 4 nitrogen and oxygen atoms in total. The maximum absolute atomic E-state index is 10.3. The Morgan fingerprint density at radius 3 is 2.24 bits per heavy atom. The summed E-state index contributed by atoms with van der Waals surface area (Å²) < 4.78 is 9.32. The minimum absolute atomic E-state index is 0.0903. The Morgan fingerprint density at radius 2 is 1.88 bits per heavy atom. The van der Waals surface area contributed by atoms with E-state index in [0.717, 1.165) is 12.8 Å². The maximum Gasteiger partial charge on any atom is 0.384 e. The molecule has 0 bridgehead atoms. The second-order valence-electron chi connectivity index (χ2n) is 3.30. The van der Waals surface area contributed by atoms with Crippen LogP contribution < -0.4 is 0 Å². The van der Waals surface area contributed by atoms with Crippen molar-refractivity contribution in [2.45, 2.75) is 53.6 Å². The van der Waals surface area contributed by atoms with Gasteiger partial charge in [-0.1, -0.05) is 19.3 Å². The Bertz CT molecular complexity index is 273. The molecule has 4 heteroatoms. The highest BCUT2D eigenvalue weighted by Gasteiger charge is 2.01. The number of ether oxygens (including phenoxy) is 2. The van der Waals surface area contributed by atoms with Crippen LogP contribution in [0.5, 0.6) is 0 Å². The molecule has 17 heavy (non-hydrogen) atoms. The molecule has 0 aliphatic rings. The minimum Gasteiger partial charge on any atom is -0.463 e. The van der Waals surface area contributed by atoms with Crippen LogP contribution in [0, 0.1) is 11.8 Å². The summed E-state index contributed by atoms with van der Waals surface area (Å²) in [5.74, 6) is 4.03. The summed E-state index contributed by atoms with van der Waals surface area (Å²) >= 11 is 0. The largest absolute Gasteiger partial charge is 0.463 e. The zero-order valence-electron chi connectivity index (χ0n) is 11.3. The highest BCUT2D eigenvalue weighted by atomic mass is 16.5. The van der Waals surface area contributed by atoms with E-state index >= 15 is 0 Å². The van der Waals surface area contributed by atoms with Gasteiger partial charge in [0.25, 0.3) is 0 Å². The maximum atomic E-state index is 10.3. The monoisotopic (exact) mass is 242 g/mol. The molecule has 0 aromatic carbocycles. The van der Waals surface area contributed by atoms with Crippen LogP contribution in [-0.2, 0) is 19.1 Å². The quantitative estimate of drug-likeness (QED) is 0.431. The molecule has 0 heterocycles. The second kappa shape index (κ2) is 12.6. The lowest BCUT2D eigenvalue weighted by molar-refractivity contribution is -0.145. The lowest BCUT2D eigenvalue weighted by Crippen LogP contribution is -2.11. The molecule has 0 saturated heterocycles. The number of carbonyl (C=O) groups excluding carboxylic acids is 2. The molecule has 98 valence electrons. The normalized spacial score (nSPS) is 9.94. The predicted octanol–water partition coefficient (Wildman–Crippen LogP) is 2.31. The average molecular weight is 242 g/mol. The van der Waals surface area contributed by atoms with Crippen molar-refractivity contribution in [2.75, 3.05) is 6.61 Å². The molecule has 0 spiro atoms. The number of hydrogen-bond acceptors (Lipinski definition) is 4. The molecule has 0 aromatic rings. The van der Waals surface area contributed by atoms with Crippen LogP contribution in [0.3, 0.4) is 0 Å². The predicted molar refractivity (Wildman–Crippen MR) is 66.2 cm³/mol. The van der Waals surface area contributed by atoms with Gasteiger partial charge in [0, 0.05) is 12.8 Å². The molecule has 0 fully saturated rings. The summed E-state index contributed by atoms with van der Waals surface area (Å²) in [6.45, 7) is 9.15. The first-order chi connectivity index (χ1) is 7.97. The van der Waals surface area contributed by atoms with Gasteiger partial charge in [-0.3, -0.25) is 4.79 Å². The van der Waals surface area contributed by atoms with Crippen LogP contribution in [-0.4, -0.2) is 24.6 Å². The molecule has 1 atom stereocenters. The van der Waals surface area contributed by atoms with Crippen molar-refractivity contribution in [1.29, 1.82) is 0 Å². The van der Waals surface area contributed by atoms with E-state index in [4.69, 9.17) is 4.74 Å². The highest BCUT2D eigenvalue weighted by Crippen LogP contribution is 1.99. The van der Waals surface area contributed by atoms with Crippen molar-refractivity contribution >= 4 is 11.9 Å². The Kier molecular flexibility index (Phi) is 13.2. The van der Waals surface area contributed by atoms with Crippen molar-refractivity contribution in [2.24, 2.45) is 0 Å². The van der Waals surface area contributed by atoms with Crippen molar-refractivity contribution in [3.05, 3.63) is 0 Å². The summed E-state index contributed by atoms with van der Waals surface area (Å²) in [4.78, 5) is 20.6. The van der Waals surface area contributed by atoms with Gasteiger partial charge in [0.1, 0.15) is 0 Å². The van der Waals surface area contributed by atoms with E-state index in [1.807, 2.05) is 6.92 Å². The zero-order valence-corrected chi connectivity index (χ0v) is 11.3. The van der Waals surface area contributed by atoms with Gasteiger partial charge >= 0.3 is 11.9 Å². The fourth-order valence-corrected chi connectivity index (χ4v) is 1.02. The van der Waals surface area contributed by atoms with Gasteiger partial charge in [-0.15, -0.1) is 0 Å². The summed E-state index contributed by atoms with van der Waals surface area (Å²) in [5.41, 5.74) is 0. The van der Waals surface area contributed by atoms with Gasteiger partial charge < -0.3 is 9.47 Å². The Labute approximate surface area is 104 Å². The third-order valence-electron chi connectivity index (χ3n) is 1.56. The van der Waals surface area contributed by atoms with Crippen LogP contribution in [0.4, 0.5) is 0 Å². The third-order valence-corrected chi connectivity index (χ3v) is 1.56. The van der Waals surface area contributed by atoms with E-state index in [9.17, 15) is 9.59 Å². The van der Waals surface area contributed by atoms with Crippen molar-refractivity contribution in [1.82, 2.24) is 0 Å². The van der Waals surface area contributed by atoms with Gasteiger partial charge in [0.15, 0.2) is 0 Å². The van der Waals surface area contributed by atoms with Crippen molar-refractivity contribution in [3.8, 4) is 11.8 Å². The topological polar surface area (TPSA) is 52.6 Å². The molecule has 0 aliphatic heterocycles. The van der Waals surface area contributed by atoms with Gasteiger partial charge in [0.05, 0.1) is 12.7 Å². The Hall–Kier alpha value is -1.50. The lowest BCUT2D eigenvalue weighted by atomic mass is 10.2. The van der Waals surface area contributed by atoms with Crippen LogP contribution in [0.25, 0.3) is 0 Å². The van der Waals surface area contributed by atoms with Gasteiger partial charge in [0.2, 0.25) is 0 Å². The van der Waals surface area contributed by atoms with Crippen LogP contribution >= 0.6 is 0 Å². The van der Waals surface area contributed by atoms with E-state index < -0.39 is 5.97 Å². The fraction of sp³-hybridized carbons (Fsp3) is 0.692. The molecule has 0 N–H and O–H groups in total. The first kappa shape index (κ1) is 17.9. The zero-order chi connectivity index (χ0) is 13.7. The lowest BCUT2D eigenvalue weighted by Gasteiger charge is -2.08. The smallest absolute Gasteiger partial charge is 0.384 e. The Balaban J connectivity index is 0. The van der Waals surface area contributed by atoms with E-state index in [-0.39, 0.29) is 12.1 Å². The first-order valence-electron chi connectivity index (χ1n) is 5.74. The van der Waals surface area contributed by atoms with E-state index in [0.29, 0.717) is 6.61 Å². The summed E-state index contributed by atoms with van der Waals surface area (Å²) in [5, 5.41) is 0. The average Bonchev–Trinajstić information content (AvgIpc) is 2.18. The van der Waals surface area contributed by atoms with Crippen LogP contribution in [0.2, 0.25) is 0 Å². The minimum atomic E-state index is -0.449. The number of carbonyl (C=O) groups is 2. The molecule has 0 aliphatic carbocycles. The summed E-state index contributed by atoms with van der Waals surface area (Å²) in [6, 6.07) is 0. The molecular weight excluding hydrogens is 220 g/mol. The fourth-order valence-electron chi connectivity index (χ4n) is 1.02. The molecule has 0 radical (unpaired) electrons. The molecule has 0 rings (SSSR count). The number of esters is 2. The first-order valence-corrected chi connectivity index (χ1v) is 5.74. The molecule has 1 unspecified atom stereocenters. The number of rotatable bonds is 4. The molecule has 0 aromatic heterocycles. The van der Waals surface area contributed by atoms with Gasteiger partial charge in [-0.05, 0) is 27.2 Å². The standard InChI is InChI=1S/C7H14O2.C6H8O2/c1-4-5-6(2)9-7(3)8;1-3-5-6(7)8-4-2/h6H,4-5H2,1-3H3;4H2,1-2H3. The molecule has 0 amide bonds. The van der Waals surface area contributed by atoms with Crippen molar-refractivity contribution < 1.29 is 19.1 Å². The van der Waals surface area contributed by atoms with E-state index in [1.54, 1.807) is 13.8 Å². The number of hydrogen-bond donors (Lipinski definition) is 0. The third kappa shape index (κ3) is 17.1. The SMILES string of the molecule is CC#CC(=O)OCC.CCCC(C)OC(C)=O. The van der Waals surface area contributed by atoms with Gasteiger partial charge in [-0.2, -0.15) is 0 Å². The summed E-state index contributed by atoms with van der Waals surface area (Å²) in [7, 11) is 0. The molecular formula is C13H22O4. The summed E-state index contributed by atoms with van der Waals surface area (Å²) in [6.07, 6.45) is 2.11. The van der Waals surface area contributed by atoms with Gasteiger partial charge in [-0.25, -0.2) is 4.79 Å². The second-order valence-corrected chi connectivity index (χ2v) is 3.30. The Morgan fingerprint density at radius 1 is 1.29 bits per heavy atom. The van der Waals surface area contributed by atoms with E-state index in [2.05, 4.69) is 23.5 Å². The van der Waals surface area contributed by atoms with Crippen LogP contribution in [0.1, 0.15) is 47.5 Å².